The Kier molecular flexibility index (Phi) is 8.60. The van der Waals surface area contributed by atoms with E-state index in [0.717, 1.165) is 0 Å². The van der Waals surface area contributed by atoms with Gasteiger partial charge in [-0.15, -0.1) is 0 Å². The molecule has 0 heterocycles. The topological polar surface area (TPSA) is 33.6 Å². The summed E-state index contributed by atoms with van der Waals surface area (Å²) < 4.78 is 174. The highest BCUT2D eigenvalue weighted by Gasteiger charge is 2.90. The minimum absolute atomic E-state index is 0.438. The van der Waals surface area contributed by atoms with Crippen LogP contribution in [0.25, 0.3) is 0 Å². The van der Waals surface area contributed by atoms with Gasteiger partial charge in [-0.25, -0.2) is 4.99 Å². The van der Waals surface area contributed by atoms with Crippen LogP contribution in [0, 0.1) is 0 Å². The molecule has 16 heteroatoms. The number of hydrogen-bond donors (Lipinski definition) is 1. The van der Waals surface area contributed by atoms with Crippen molar-refractivity contribution < 1.29 is 61.8 Å². The quantitative estimate of drug-likeness (QED) is 0.248. The molecule has 0 bridgehead atoms. The molecule has 0 unspecified atom stereocenters. The van der Waals surface area contributed by atoms with E-state index in [1.165, 1.54) is 27.7 Å². The van der Waals surface area contributed by atoms with Crippen LogP contribution in [0.2, 0.25) is 0 Å². The second-order valence-electron chi connectivity index (χ2n) is 6.93. The Morgan fingerprint density at radius 3 is 1.48 bits per heavy atom. The average Bonchev–Trinajstić information content (AvgIpc) is 2.51. The van der Waals surface area contributed by atoms with E-state index < -0.39 is 66.9 Å². The third-order valence-corrected chi connectivity index (χ3v) is 3.44. The van der Waals surface area contributed by atoms with Gasteiger partial charge in [0, 0.05) is 12.1 Å². The highest BCUT2D eigenvalue weighted by Crippen LogP contribution is 2.60. The molecule has 0 aliphatic rings. The van der Waals surface area contributed by atoms with E-state index in [1.807, 2.05) is 0 Å². The lowest BCUT2D eigenvalue weighted by atomic mass is 9.93. The van der Waals surface area contributed by atoms with Crippen molar-refractivity contribution in [3.8, 4) is 0 Å². The molecule has 3 nitrogen and oxygen atoms in total. The molecule has 0 rings (SSSR count). The molecule has 186 valence electrons. The molecule has 0 amide bonds. The van der Waals surface area contributed by atoms with Gasteiger partial charge in [0.05, 0.1) is 13.0 Å². The fourth-order valence-corrected chi connectivity index (χ4v) is 1.83. The number of hydrogen-bond acceptors (Lipinski definition) is 2. The maximum atomic E-state index is 13.7. The first-order chi connectivity index (χ1) is 13.5. The number of halogens is 13. The molecule has 0 spiro atoms. The summed E-state index contributed by atoms with van der Waals surface area (Å²) in [4.78, 5) is 3.70. The van der Waals surface area contributed by atoms with Gasteiger partial charge in [0.25, 0.3) is 6.02 Å². The Morgan fingerprint density at radius 2 is 1.13 bits per heavy atom. The first kappa shape index (κ1) is 29.4. The molecule has 0 aromatic heterocycles. The van der Waals surface area contributed by atoms with E-state index in [9.17, 15) is 57.1 Å². The van der Waals surface area contributed by atoms with Crippen LogP contribution in [0.1, 0.15) is 34.1 Å². The zero-order valence-electron chi connectivity index (χ0n) is 16.3. The number of rotatable bonds is 9. The summed E-state index contributed by atoms with van der Waals surface area (Å²) in [6, 6.07) is -1.48. The predicted molar refractivity (Wildman–Crippen MR) is 82.2 cm³/mol. The molecule has 1 N–H and O–H groups in total. The minimum Gasteiger partial charge on any atom is -0.465 e. The van der Waals surface area contributed by atoms with E-state index in [0.29, 0.717) is 0 Å². The molecule has 0 atom stereocenters. The SMILES string of the molecule is CC(C)N=C(NC(C)C)OCCC(F)(F)C(F)(F)C(F)(F)C(F)(F)C(F)(F)C(F)(F)F. The van der Waals surface area contributed by atoms with Gasteiger partial charge in [0.1, 0.15) is 0 Å². The van der Waals surface area contributed by atoms with Gasteiger partial charge in [-0.05, 0) is 27.7 Å². The van der Waals surface area contributed by atoms with Gasteiger partial charge in [-0.2, -0.15) is 57.1 Å². The van der Waals surface area contributed by atoms with Crippen molar-refractivity contribution in [2.24, 2.45) is 4.99 Å². The van der Waals surface area contributed by atoms with Gasteiger partial charge in [0.15, 0.2) is 0 Å². The molecule has 0 radical (unpaired) electrons. The Balaban J connectivity index is 5.77. The lowest BCUT2D eigenvalue weighted by molar-refractivity contribution is -0.440. The van der Waals surface area contributed by atoms with E-state index in [-0.39, 0.29) is 0 Å². The molecule has 0 aliphatic carbocycles. The van der Waals surface area contributed by atoms with Crippen LogP contribution < -0.4 is 5.32 Å². The monoisotopic (exact) mass is 490 g/mol. The number of amidine groups is 1. The van der Waals surface area contributed by atoms with E-state index >= 15 is 0 Å². The maximum Gasteiger partial charge on any atom is 0.460 e. The second kappa shape index (κ2) is 9.08. The zero-order chi connectivity index (χ0) is 25.3. The summed E-state index contributed by atoms with van der Waals surface area (Å²) in [6.45, 7) is 4.40. The normalized spacial score (nSPS) is 15.6. The number of nitrogens with one attached hydrogen (secondary N) is 1. The molecule has 0 saturated carbocycles. The molecule has 0 aliphatic heterocycles. The number of nitrogens with zero attached hydrogens (tertiary/aromatic N) is 1. The van der Waals surface area contributed by atoms with E-state index in [4.69, 9.17) is 0 Å². The zero-order valence-corrected chi connectivity index (χ0v) is 16.3. The van der Waals surface area contributed by atoms with Crippen LogP contribution in [-0.4, -0.2) is 60.5 Å². The van der Waals surface area contributed by atoms with Crippen LogP contribution in [-0.2, 0) is 4.74 Å². The fraction of sp³-hybridized carbons (Fsp3) is 0.933. The molecular weight excluding hydrogens is 471 g/mol. The predicted octanol–water partition coefficient (Wildman–Crippen LogP) is 5.89. The van der Waals surface area contributed by atoms with E-state index in [1.54, 1.807) is 0 Å². The van der Waals surface area contributed by atoms with Crippen LogP contribution in [0.5, 0.6) is 0 Å². The minimum atomic E-state index is -7.91. The van der Waals surface area contributed by atoms with Crippen LogP contribution in [0.15, 0.2) is 4.99 Å². The van der Waals surface area contributed by atoms with Crippen molar-refractivity contribution in [3.05, 3.63) is 0 Å². The smallest absolute Gasteiger partial charge is 0.460 e. The standard InChI is InChI=1S/C15H19F13N2O/c1-7(2)29-9(30-8(3)4)31-6-5-10(16,17)11(18,19)12(20,21)13(22,23)14(24,25)15(26,27)28/h7-8H,5-6H2,1-4H3,(H,29,30). The molecule has 0 fully saturated rings. The maximum absolute atomic E-state index is 13.7. The van der Waals surface area contributed by atoms with Crippen LogP contribution in [0.3, 0.4) is 0 Å². The van der Waals surface area contributed by atoms with Crippen molar-refractivity contribution >= 4 is 6.02 Å². The summed E-state index contributed by atoms with van der Waals surface area (Å²) in [7, 11) is 0. The van der Waals surface area contributed by atoms with Crippen LogP contribution >= 0.6 is 0 Å². The summed E-state index contributed by atoms with van der Waals surface area (Å²) in [5, 5.41) is 2.43. The molecule has 0 saturated heterocycles. The van der Waals surface area contributed by atoms with Gasteiger partial charge in [-0.3, -0.25) is 0 Å². The van der Waals surface area contributed by atoms with Crippen molar-refractivity contribution in [3.63, 3.8) is 0 Å². The molecule has 0 aromatic carbocycles. The van der Waals surface area contributed by atoms with Gasteiger partial charge in [0.2, 0.25) is 0 Å². The lowest BCUT2D eigenvalue weighted by Gasteiger charge is -2.39. The number of aliphatic imine (C=N–C) groups is 1. The summed E-state index contributed by atoms with van der Waals surface area (Å²) in [5.74, 6) is -36.9. The first-order valence-corrected chi connectivity index (χ1v) is 8.38. The van der Waals surface area contributed by atoms with E-state index in [2.05, 4.69) is 15.0 Å². The highest BCUT2D eigenvalue weighted by molar-refractivity contribution is 5.74. The van der Waals surface area contributed by atoms with Crippen molar-refractivity contribution in [2.75, 3.05) is 6.61 Å². The Bertz CT molecular complexity index is 627. The molecule has 0 aromatic rings. The molecule has 31 heavy (non-hydrogen) atoms. The second-order valence-corrected chi connectivity index (χ2v) is 6.93. The first-order valence-electron chi connectivity index (χ1n) is 8.38. The number of alkyl halides is 13. The third kappa shape index (κ3) is 5.79. The van der Waals surface area contributed by atoms with Crippen molar-refractivity contribution in [1.82, 2.24) is 5.32 Å². The lowest BCUT2D eigenvalue weighted by Crippen LogP contribution is -2.70. The Morgan fingerprint density at radius 1 is 0.710 bits per heavy atom. The highest BCUT2D eigenvalue weighted by atomic mass is 19.4. The van der Waals surface area contributed by atoms with Gasteiger partial charge in [-0.1, -0.05) is 0 Å². The number of ether oxygens (including phenoxy) is 1. The van der Waals surface area contributed by atoms with Gasteiger partial charge < -0.3 is 10.1 Å². The van der Waals surface area contributed by atoms with Crippen LogP contribution in [0.4, 0.5) is 57.1 Å². The average molecular weight is 490 g/mol. The van der Waals surface area contributed by atoms with Crippen molar-refractivity contribution in [2.45, 2.75) is 82.0 Å². The summed E-state index contributed by atoms with van der Waals surface area (Å²) in [5.41, 5.74) is 0. The Labute approximate surface area is 168 Å². The largest absolute Gasteiger partial charge is 0.465 e. The summed E-state index contributed by atoms with van der Waals surface area (Å²) >= 11 is 0. The van der Waals surface area contributed by atoms with Crippen molar-refractivity contribution in [1.29, 1.82) is 0 Å². The Hall–Kier alpha value is -1.64. The third-order valence-electron chi connectivity index (χ3n) is 3.44. The molecular formula is C15H19F13N2O. The summed E-state index contributed by atoms with van der Waals surface area (Å²) in [6.07, 6.45) is -9.88. The van der Waals surface area contributed by atoms with Gasteiger partial charge >= 0.3 is 35.8 Å². The fourth-order valence-electron chi connectivity index (χ4n) is 1.83.